The van der Waals surface area contributed by atoms with Gasteiger partial charge in [-0.05, 0) is 30.7 Å². The number of urea groups is 1. The summed E-state index contributed by atoms with van der Waals surface area (Å²) in [7, 11) is 0. The number of ether oxygens (including phenoxy) is 4. The predicted octanol–water partition coefficient (Wildman–Crippen LogP) is 3.30. The zero-order chi connectivity index (χ0) is 32.2. The van der Waals surface area contributed by atoms with E-state index in [1.807, 2.05) is 36.4 Å². The first-order valence-corrected chi connectivity index (χ1v) is 14.4. The molecule has 2 aromatic carbocycles. The van der Waals surface area contributed by atoms with E-state index in [0.29, 0.717) is 17.7 Å². The van der Waals surface area contributed by atoms with Gasteiger partial charge in [-0.25, -0.2) is 29.3 Å². The minimum atomic E-state index is -1.27. The first-order chi connectivity index (χ1) is 22.3. The molecule has 5 atom stereocenters. The second kappa shape index (κ2) is 13.4. The maximum Gasteiger partial charge on any atom is 0.336 e. The van der Waals surface area contributed by atoms with Crippen molar-refractivity contribution in [2.45, 2.75) is 44.4 Å². The number of hydrogen-bond donors (Lipinski definition) is 4. The van der Waals surface area contributed by atoms with Crippen molar-refractivity contribution in [1.29, 1.82) is 0 Å². The number of nitrogens with zero attached hydrogens (tertiary/aromatic N) is 4. The van der Waals surface area contributed by atoms with Gasteiger partial charge in [-0.15, -0.1) is 0 Å². The van der Waals surface area contributed by atoms with Crippen LogP contribution in [0.25, 0.3) is 17.2 Å². The molecule has 46 heavy (non-hydrogen) atoms. The number of carbonyl (C=O) groups excluding carboxylic acids is 1. The van der Waals surface area contributed by atoms with Crippen LogP contribution >= 0.6 is 0 Å². The number of aromatic nitrogens is 4. The van der Waals surface area contributed by atoms with E-state index in [1.165, 1.54) is 30.9 Å². The van der Waals surface area contributed by atoms with Gasteiger partial charge in [0.1, 0.15) is 24.6 Å². The zero-order valence-corrected chi connectivity index (χ0v) is 24.5. The molecule has 2 aliphatic rings. The average Bonchev–Trinajstić information content (AvgIpc) is 3.75. The number of rotatable bonds is 11. The van der Waals surface area contributed by atoms with E-state index in [1.54, 1.807) is 17.6 Å². The average molecular weight is 631 g/mol. The van der Waals surface area contributed by atoms with E-state index in [2.05, 4.69) is 25.6 Å². The summed E-state index contributed by atoms with van der Waals surface area (Å²) in [5.41, 5.74) is 1.35. The summed E-state index contributed by atoms with van der Waals surface area (Å²) < 4.78 is 26.5. The summed E-state index contributed by atoms with van der Waals surface area (Å²) >= 11 is 0. The molecule has 0 spiro atoms. The number of amides is 2. The van der Waals surface area contributed by atoms with Gasteiger partial charge in [0.15, 0.2) is 29.5 Å². The SMILES string of the molecule is CCNC(=O)Nc1ncnc2c1ncn2C1OC(COCc2c(C(=O)O)cccc2C(=O)O)C2O[C@H](/C=C/c3ccccc3)OC21. The Morgan fingerprint density at radius 3 is 2.41 bits per heavy atom. The lowest BCUT2D eigenvalue weighted by molar-refractivity contribution is -0.139. The molecule has 4 aromatic rings. The number of carboxylic acid groups (broad SMARTS) is 2. The van der Waals surface area contributed by atoms with Crippen molar-refractivity contribution in [1.82, 2.24) is 24.8 Å². The number of benzene rings is 2. The molecule has 2 aliphatic heterocycles. The highest BCUT2D eigenvalue weighted by Gasteiger charge is 2.53. The Kier molecular flexibility index (Phi) is 8.98. The fourth-order valence-corrected chi connectivity index (χ4v) is 5.42. The Balaban J connectivity index is 1.26. The van der Waals surface area contributed by atoms with Crippen molar-refractivity contribution in [3.8, 4) is 0 Å². The van der Waals surface area contributed by atoms with Crippen molar-refractivity contribution >= 4 is 41.0 Å². The molecule has 0 radical (unpaired) electrons. The van der Waals surface area contributed by atoms with Crippen molar-refractivity contribution in [2.24, 2.45) is 0 Å². The molecule has 0 aliphatic carbocycles. The Morgan fingerprint density at radius 2 is 1.70 bits per heavy atom. The molecule has 2 fully saturated rings. The molecule has 2 aromatic heterocycles. The van der Waals surface area contributed by atoms with Gasteiger partial charge in [0.05, 0.1) is 30.7 Å². The molecule has 15 nitrogen and oxygen atoms in total. The van der Waals surface area contributed by atoms with E-state index in [0.717, 1.165) is 5.56 Å². The largest absolute Gasteiger partial charge is 0.478 e. The third-order valence-electron chi connectivity index (χ3n) is 7.48. The van der Waals surface area contributed by atoms with Gasteiger partial charge in [0.25, 0.3) is 0 Å². The number of imidazole rings is 1. The number of nitrogens with one attached hydrogen (secondary N) is 2. The van der Waals surface area contributed by atoms with Crippen molar-refractivity contribution in [2.75, 3.05) is 18.5 Å². The molecule has 0 bridgehead atoms. The number of carboxylic acids is 2. The number of anilines is 1. The molecular weight excluding hydrogens is 600 g/mol. The van der Waals surface area contributed by atoms with Gasteiger partial charge in [-0.3, -0.25) is 9.88 Å². The van der Waals surface area contributed by atoms with E-state index in [-0.39, 0.29) is 35.7 Å². The van der Waals surface area contributed by atoms with Crippen LogP contribution in [0.5, 0.6) is 0 Å². The van der Waals surface area contributed by atoms with Gasteiger partial charge in [0, 0.05) is 12.1 Å². The summed E-state index contributed by atoms with van der Waals surface area (Å²) in [6.45, 7) is 1.85. The van der Waals surface area contributed by atoms with Crippen LogP contribution in [0.15, 0.2) is 67.3 Å². The Morgan fingerprint density at radius 1 is 0.957 bits per heavy atom. The van der Waals surface area contributed by atoms with E-state index >= 15 is 0 Å². The predicted molar refractivity (Wildman–Crippen MR) is 161 cm³/mol. The Labute approximate surface area is 261 Å². The van der Waals surface area contributed by atoms with Gasteiger partial charge in [0.2, 0.25) is 0 Å². The Bertz CT molecular complexity index is 1750. The van der Waals surface area contributed by atoms with E-state index in [9.17, 15) is 24.6 Å². The van der Waals surface area contributed by atoms with Crippen LogP contribution in [-0.4, -0.2) is 85.5 Å². The van der Waals surface area contributed by atoms with Crippen LogP contribution in [0.4, 0.5) is 10.6 Å². The van der Waals surface area contributed by atoms with Gasteiger partial charge in [-0.2, -0.15) is 0 Å². The minimum absolute atomic E-state index is 0.0327. The quantitative estimate of drug-likeness (QED) is 0.189. The number of carbonyl (C=O) groups is 3. The monoisotopic (exact) mass is 630 g/mol. The summed E-state index contributed by atoms with van der Waals surface area (Å²) in [6.07, 6.45) is 2.97. The zero-order valence-electron chi connectivity index (χ0n) is 24.5. The smallest absolute Gasteiger partial charge is 0.336 e. The number of hydrogen-bond acceptors (Lipinski definition) is 10. The second-order valence-corrected chi connectivity index (χ2v) is 10.4. The maximum atomic E-state index is 12.2. The summed E-state index contributed by atoms with van der Waals surface area (Å²) in [4.78, 5) is 48.7. The first kappa shape index (κ1) is 30.8. The summed E-state index contributed by atoms with van der Waals surface area (Å²) in [5.74, 6) is -2.33. The van der Waals surface area contributed by atoms with Gasteiger partial charge >= 0.3 is 18.0 Å². The van der Waals surface area contributed by atoms with Crippen LogP contribution in [0, 0.1) is 0 Å². The van der Waals surface area contributed by atoms with Crippen molar-refractivity contribution < 1.29 is 43.5 Å². The molecule has 15 heteroatoms. The normalized spacial score (nSPS) is 22.2. The summed E-state index contributed by atoms with van der Waals surface area (Å²) in [6, 6.07) is 13.2. The fraction of sp³-hybridized carbons (Fsp3) is 0.290. The van der Waals surface area contributed by atoms with Crippen LogP contribution in [0.2, 0.25) is 0 Å². The van der Waals surface area contributed by atoms with Crippen LogP contribution in [-0.2, 0) is 25.6 Å². The fourth-order valence-electron chi connectivity index (χ4n) is 5.42. The third kappa shape index (κ3) is 6.29. The molecule has 4 N–H and O–H groups in total. The highest BCUT2D eigenvalue weighted by atomic mass is 16.8. The number of fused-ring (bicyclic) bond motifs is 2. The molecular formula is C31H30N6O9. The third-order valence-corrected chi connectivity index (χ3v) is 7.48. The van der Waals surface area contributed by atoms with Crippen LogP contribution in [0.1, 0.15) is 45.0 Å². The molecule has 6 rings (SSSR count). The van der Waals surface area contributed by atoms with E-state index in [4.69, 9.17) is 18.9 Å². The lowest BCUT2D eigenvalue weighted by atomic mass is 10.0. The lowest BCUT2D eigenvalue weighted by Gasteiger charge is -2.20. The van der Waals surface area contributed by atoms with Crippen molar-refractivity contribution in [3.05, 3.63) is 89.5 Å². The molecule has 238 valence electrons. The topological polar surface area (TPSA) is 196 Å². The molecule has 4 heterocycles. The van der Waals surface area contributed by atoms with Crippen LogP contribution < -0.4 is 10.6 Å². The number of aromatic carboxylic acids is 2. The second-order valence-electron chi connectivity index (χ2n) is 10.4. The van der Waals surface area contributed by atoms with Crippen LogP contribution in [0.3, 0.4) is 0 Å². The highest BCUT2D eigenvalue weighted by Crippen LogP contribution is 2.41. The van der Waals surface area contributed by atoms with E-state index < -0.39 is 48.8 Å². The maximum absolute atomic E-state index is 12.2. The molecule has 2 saturated heterocycles. The molecule has 2 amide bonds. The molecule has 0 saturated carbocycles. The van der Waals surface area contributed by atoms with Gasteiger partial charge < -0.3 is 34.5 Å². The lowest BCUT2D eigenvalue weighted by Crippen LogP contribution is -2.32. The standard InChI is InChI=1S/C31H30N6O9/c1-2-32-31(42)36-26-23-27(34-15-33-26)37(16-35-23)28-25-24(45-22(46-25)12-11-17-7-4-3-5-8-17)21(44-28)14-43-13-20-18(29(38)39)9-6-10-19(20)30(40)41/h3-12,15-16,21-22,24-25,28H,2,13-14H2,1H3,(H,38,39)(H,40,41)(H2,32,33,34,36,42)/b12-11+/t21?,22-,24?,25?,28?/m0/s1. The molecule has 4 unspecified atom stereocenters. The Hall–Kier alpha value is -5.22. The highest BCUT2D eigenvalue weighted by molar-refractivity contribution is 5.97. The first-order valence-electron chi connectivity index (χ1n) is 14.4. The minimum Gasteiger partial charge on any atom is -0.478 e. The van der Waals surface area contributed by atoms with Gasteiger partial charge in [-0.1, -0.05) is 42.5 Å². The van der Waals surface area contributed by atoms with Crippen molar-refractivity contribution in [3.63, 3.8) is 0 Å². The summed E-state index contributed by atoms with van der Waals surface area (Å²) in [5, 5.41) is 24.6.